The first-order valence-electron chi connectivity index (χ1n) is 8.14. The molecule has 2 aliphatic rings. The summed E-state index contributed by atoms with van der Waals surface area (Å²) in [6, 6.07) is 4.34. The number of amidine groups is 1. The van der Waals surface area contributed by atoms with Gasteiger partial charge in [0.2, 0.25) is 0 Å². The standard InChI is InChI=1S/C18H19FN4O/c19-6-4-12-1-2-14(13-8-21-11-22-9-13)15-3-5-18(7-16(12)15)10-24-17(20)23-18/h1-2,8-9,11H,3-7,10H2,(H2,20,23). The quantitative estimate of drug-likeness (QED) is 0.939. The van der Waals surface area contributed by atoms with E-state index in [1.54, 1.807) is 0 Å². The van der Waals surface area contributed by atoms with Gasteiger partial charge in [-0.1, -0.05) is 12.1 Å². The van der Waals surface area contributed by atoms with Crippen LogP contribution in [0.4, 0.5) is 4.39 Å². The second-order valence-electron chi connectivity index (χ2n) is 6.44. The number of alkyl halides is 1. The smallest absolute Gasteiger partial charge is 0.282 e. The Morgan fingerprint density at radius 1 is 1.21 bits per heavy atom. The largest absolute Gasteiger partial charge is 0.463 e. The number of ether oxygens (including phenoxy) is 1. The molecule has 0 radical (unpaired) electrons. The van der Waals surface area contributed by atoms with Crippen LogP contribution in [-0.2, 0) is 24.0 Å². The van der Waals surface area contributed by atoms with Crippen molar-refractivity contribution >= 4 is 6.02 Å². The van der Waals surface area contributed by atoms with Gasteiger partial charge in [0.25, 0.3) is 6.02 Å². The Morgan fingerprint density at radius 3 is 2.75 bits per heavy atom. The van der Waals surface area contributed by atoms with Crippen molar-refractivity contribution in [3.63, 3.8) is 0 Å². The second-order valence-corrected chi connectivity index (χ2v) is 6.44. The fourth-order valence-electron chi connectivity index (χ4n) is 3.79. The molecule has 24 heavy (non-hydrogen) atoms. The van der Waals surface area contributed by atoms with E-state index in [1.165, 1.54) is 17.5 Å². The summed E-state index contributed by atoms with van der Waals surface area (Å²) in [5.74, 6) is 0. The monoisotopic (exact) mass is 326 g/mol. The number of aryl methyl sites for hydroxylation is 1. The number of hydrogen-bond donors (Lipinski definition) is 1. The van der Waals surface area contributed by atoms with E-state index in [4.69, 9.17) is 10.5 Å². The number of nitrogens with two attached hydrogens (primary N) is 1. The molecule has 0 fully saturated rings. The molecule has 0 saturated heterocycles. The Morgan fingerprint density at radius 2 is 2.04 bits per heavy atom. The number of rotatable bonds is 3. The highest BCUT2D eigenvalue weighted by atomic mass is 19.1. The molecule has 2 aromatic rings. The van der Waals surface area contributed by atoms with Gasteiger partial charge in [0.1, 0.15) is 18.5 Å². The molecule has 1 aliphatic carbocycles. The van der Waals surface area contributed by atoms with Gasteiger partial charge in [-0.2, -0.15) is 0 Å². The lowest BCUT2D eigenvalue weighted by molar-refractivity contribution is 0.234. The number of hydrogen-bond acceptors (Lipinski definition) is 5. The molecule has 1 unspecified atom stereocenters. The van der Waals surface area contributed by atoms with E-state index < -0.39 is 0 Å². The van der Waals surface area contributed by atoms with Gasteiger partial charge in [-0.3, -0.25) is 4.39 Å². The van der Waals surface area contributed by atoms with E-state index >= 15 is 0 Å². The highest BCUT2D eigenvalue weighted by molar-refractivity contribution is 5.74. The summed E-state index contributed by atoms with van der Waals surface area (Å²) in [6.45, 7) is 0.140. The molecule has 4 rings (SSSR count). The van der Waals surface area contributed by atoms with Crippen molar-refractivity contribution in [1.82, 2.24) is 9.97 Å². The summed E-state index contributed by atoms with van der Waals surface area (Å²) in [6.07, 6.45) is 8.05. The van der Waals surface area contributed by atoms with Crippen molar-refractivity contribution in [2.45, 2.75) is 31.2 Å². The molecule has 124 valence electrons. The Labute approximate surface area is 139 Å². The van der Waals surface area contributed by atoms with Crippen LogP contribution in [0.15, 0.2) is 35.8 Å². The highest BCUT2D eigenvalue weighted by Crippen LogP contribution is 2.40. The van der Waals surface area contributed by atoms with E-state index in [9.17, 15) is 4.39 Å². The molecule has 0 amide bonds. The van der Waals surface area contributed by atoms with E-state index in [-0.39, 0.29) is 18.2 Å². The summed E-state index contributed by atoms with van der Waals surface area (Å²) >= 11 is 0. The lowest BCUT2D eigenvalue weighted by Gasteiger charge is -2.33. The number of nitrogens with zero attached hydrogens (tertiary/aromatic N) is 3. The third-order valence-electron chi connectivity index (χ3n) is 4.95. The molecule has 1 aliphatic heterocycles. The predicted molar refractivity (Wildman–Crippen MR) is 89.5 cm³/mol. The van der Waals surface area contributed by atoms with Crippen LogP contribution in [-0.4, -0.2) is 34.8 Å². The minimum atomic E-state index is -0.366. The summed E-state index contributed by atoms with van der Waals surface area (Å²) in [4.78, 5) is 12.8. The molecule has 0 bridgehead atoms. The van der Waals surface area contributed by atoms with Crippen molar-refractivity contribution < 1.29 is 9.13 Å². The number of fused-ring (bicyclic) bond motifs is 1. The molecule has 1 aromatic heterocycles. The Balaban J connectivity index is 1.81. The minimum absolute atomic E-state index is 0.262. The molecular formula is C18H19FN4O. The molecule has 0 saturated carbocycles. The minimum Gasteiger partial charge on any atom is -0.463 e. The van der Waals surface area contributed by atoms with Gasteiger partial charge in [-0.15, -0.1) is 0 Å². The first kappa shape index (κ1) is 15.1. The van der Waals surface area contributed by atoms with Gasteiger partial charge in [-0.25, -0.2) is 15.0 Å². The normalized spacial score (nSPS) is 22.1. The van der Waals surface area contributed by atoms with E-state index in [0.717, 1.165) is 36.0 Å². The molecule has 5 nitrogen and oxygen atoms in total. The average molecular weight is 326 g/mol. The van der Waals surface area contributed by atoms with Crippen LogP contribution < -0.4 is 5.73 Å². The molecule has 6 heteroatoms. The number of benzene rings is 1. The molecular weight excluding hydrogens is 307 g/mol. The Bertz CT molecular complexity index is 793. The maximum Gasteiger partial charge on any atom is 0.282 e. The first-order valence-corrected chi connectivity index (χ1v) is 8.14. The fraction of sp³-hybridized carbons (Fsp3) is 0.389. The van der Waals surface area contributed by atoms with Crippen molar-refractivity contribution in [2.75, 3.05) is 13.3 Å². The van der Waals surface area contributed by atoms with Gasteiger partial charge >= 0.3 is 0 Å². The SMILES string of the molecule is NC1=NC2(CCc3c(-c4cncnc4)ccc(CCF)c3C2)CO1. The van der Waals surface area contributed by atoms with Gasteiger partial charge < -0.3 is 10.5 Å². The first-order chi connectivity index (χ1) is 11.7. The van der Waals surface area contributed by atoms with Crippen molar-refractivity contribution in [2.24, 2.45) is 10.7 Å². The van der Waals surface area contributed by atoms with Gasteiger partial charge in [0.05, 0.1) is 6.67 Å². The number of aliphatic imine (C=N–C) groups is 1. The van der Waals surface area contributed by atoms with E-state index in [2.05, 4.69) is 21.0 Å². The van der Waals surface area contributed by atoms with Crippen LogP contribution in [0.3, 0.4) is 0 Å². The Hall–Kier alpha value is -2.50. The van der Waals surface area contributed by atoms with E-state index in [0.29, 0.717) is 13.0 Å². The number of aromatic nitrogens is 2. The van der Waals surface area contributed by atoms with Crippen LogP contribution in [0.1, 0.15) is 23.1 Å². The van der Waals surface area contributed by atoms with Crippen LogP contribution in [0.5, 0.6) is 0 Å². The maximum atomic E-state index is 13.0. The van der Waals surface area contributed by atoms with Crippen molar-refractivity contribution in [3.05, 3.63) is 47.5 Å². The Kier molecular flexibility index (Phi) is 3.67. The topological polar surface area (TPSA) is 73.4 Å². The lowest BCUT2D eigenvalue weighted by atomic mass is 9.74. The molecule has 2 N–H and O–H groups in total. The van der Waals surface area contributed by atoms with Gasteiger partial charge in [0, 0.05) is 30.8 Å². The highest BCUT2D eigenvalue weighted by Gasteiger charge is 2.40. The van der Waals surface area contributed by atoms with Crippen LogP contribution in [0.25, 0.3) is 11.1 Å². The van der Waals surface area contributed by atoms with Gasteiger partial charge in [-0.05, 0) is 35.1 Å². The second kappa shape index (κ2) is 5.85. The van der Waals surface area contributed by atoms with Crippen molar-refractivity contribution in [1.29, 1.82) is 0 Å². The zero-order valence-electron chi connectivity index (χ0n) is 13.3. The summed E-state index contributed by atoms with van der Waals surface area (Å²) in [5, 5.41) is 0. The molecule has 1 aromatic carbocycles. The molecule has 1 atom stereocenters. The summed E-state index contributed by atoms with van der Waals surface area (Å²) in [7, 11) is 0. The fourth-order valence-corrected chi connectivity index (χ4v) is 3.79. The van der Waals surface area contributed by atoms with Crippen molar-refractivity contribution in [3.8, 4) is 11.1 Å². The number of halogens is 1. The third kappa shape index (κ3) is 2.52. The van der Waals surface area contributed by atoms with Gasteiger partial charge in [0.15, 0.2) is 0 Å². The van der Waals surface area contributed by atoms with E-state index in [1.807, 2.05) is 18.5 Å². The molecule has 1 spiro atoms. The predicted octanol–water partition coefficient (Wildman–Crippen LogP) is 2.23. The zero-order valence-corrected chi connectivity index (χ0v) is 13.3. The lowest BCUT2D eigenvalue weighted by Crippen LogP contribution is -2.36. The van der Waals surface area contributed by atoms with Crippen LogP contribution in [0, 0.1) is 0 Å². The zero-order chi connectivity index (χ0) is 16.6. The van der Waals surface area contributed by atoms with Crippen LogP contribution >= 0.6 is 0 Å². The summed E-state index contributed by atoms with van der Waals surface area (Å²) < 4.78 is 18.4. The summed E-state index contributed by atoms with van der Waals surface area (Å²) in [5.41, 5.74) is 11.0. The average Bonchev–Trinajstić information content (AvgIpc) is 2.96. The molecule has 2 heterocycles. The third-order valence-corrected chi connectivity index (χ3v) is 4.95. The van der Waals surface area contributed by atoms with Crippen LogP contribution in [0.2, 0.25) is 0 Å². The maximum absolute atomic E-state index is 13.0.